The molecular weight excluding hydrogens is 397 g/mol. The Labute approximate surface area is 179 Å². The summed E-state index contributed by atoms with van der Waals surface area (Å²) in [7, 11) is 1.53. The highest BCUT2D eigenvalue weighted by atomic mass is 19.1. The summed E-state index contributed by atoms with van der Waals surface area (Å²) in [5.41, 5.74) is 1.77. The third kappa shape index (κ3) is 4.66. The first-order valence-electron chi connectivity index (χ1n) is 9.76. The summed E-state index contributed by atoms with van der Waals surface area (Å²) in [6, 6.07) is 12.7. The van der Waals surface area contributed by atoms with E-state index < -0.39 is 5.92 Å². The number of halogens is 1. The van der Waals surface area contributed by atoms with Crippen LogP contribution in [0.5, 0.6) is 5.75 Å². The molecule has 0 bridgehead atoms. The van der Waals surface area contributed by atoms with Gasteiger partial charge in [-0.2, -0.15) is 4.99 Å². The van der Waals surface area contributed by atoms with Crippen molar-refractivity contribution in [3.63, 3.8) is 0 Å². The lowest BCUT2D eigenvalue weighted by molar-refractivity contribution is -0.118. The summed E-state index contributed by atoms with van der Waals surface area (Å²) >= 11 is 0. The molecule has 0 saturated heterocycles. The quantitative estimate of drug-likeness (QED) is 0.721. The lowest BCUT2D eigenvalue weighted by Gasteiger charge is -2.25. The van der Waals surface area contributed by atoms with Gasteiger partial charge in [0.2, 0.25) is 0 Å². The van der Waals surface area contributed by atoms with E-state index >= 15 is 0 Å². The topological polar surface area (TPSA) is 71.3 Å². The highest BCUT2D eigenvalue weighted by Gasteiger charge is 2.28. The predicted molar refractivity (Wildman–Crippen MR) is 116 cm³/mol. The molecule has 2 aromatic carbocycles. The van der Waals surface area contributed by atoms with E-state index in [2.05, 4.69) is 9.98 Å². The second kappa shape index (κ2) is 8.87. The van der Waals surface area contributed by atoms with E-state index in [4.69, 9.17) is 4.74 Å². The minimum Gasteiger partial charge on any atom is -0.497 e. The van der Waals surface area contributed by atoms with Crippen molar-refractivity contribution in [3.05, 3.63) is 89.8 Å². The standard InChI is InChI=1S/C24H20FN3O3/c1-31-19-6-4-5-17(13-19)24(30)28(14-16-9-11-18(25)12-10-16)15-22-26-21-8-3-2-7-20(21)23(29)27-22/h2-13,20H,14-15H2,1H3. The average Bonchev–Trinajstić information content (AvgIpc) is 2.79. The smallest absolute Gasteiger partial charge is 0.260 e. The highest BCUT2D eigenvalue weighted by Crippen LogP contribution is 2.19. The summed E-state index contributed by atoms with van der Waals surface area (Å²) in [6.07, 6.45) is 7.11. The Morgan fingerprint density at radius 2 is 1.90 bits per heavy atom. The maximum Gasteiger partial charge on any atom is 0.260 e. The van der Waals surface area contributed by atoms with Gasteiger partial charge in [0, 0.05) is 12.1 Å². The first-order valence-corrected chi connectivity index (χ1v) is 9.76. The van der Waals surface area contributed by atoms with Gasteiger partial charge in [0.05, 0.1) is 19.4 Å². The average molecular weight is 417 g/mol. The molecule has 1 heterocycles. The largest absolute Gasteiger partial charge is 0.497 e. The zero-order valence-electron chi connectivity index (χ0n) is 16.9. The number of fused-ring (bicyclic) bond motifs is 1. The van der Waals surface area contributed by atoms with E-state index in [-0.39, 0.29) is 36.6 Å². The fourth-order valence-corrected chi connectivity index (χ4v) is 3.41. The first-order chi connectivity index (χ1) is 15.0. The number of aliphatic imine (C=N–C) groups is 2. The molecule has 2 amide bonds. The SMILES string of the molecule is COc1cccc(C(=O)N(CC2=NC(=O)C3C=CC=CC3=N2)Cc2ccc(F)cc2)c1. The number of nitrogens with zero attached hydrogens (tertiary/aromatic N) is 3. The van der Waals surface area contributed by atoms with Crippen molar-refractivity contribution in [2.24, 2.45) is 15.9 Å². The molecule has 0 fully saturated rings. The second-order valence-corrected chi connectivity index (χ2v) is 7.14. The van der Waals surface area contributed by atoms with Crippen LogP contribution in [0.25, 0.3) is 0 Å². The zero-order valence-corrected chi connectivity index (χ0v) is 16.9. The summed E-state index contributed by atoms with van der Waals surface area (Å²) in [5, 5.41) is 0. The summed E-state index contributed by atoms with van der Waals surface area (Å²) < 4.78 is 18.5. The monoisotopic (exact) mass is 417 g/mol. The number of hydrogen-bond donors (Lipinski definition) is 0. The van der Waals surface area contributed by atoms with Gasteiger partial charge in [0.25, 0.3) is 11.8 Å². The van der Waals surface area contributed by atoms with Crippen LogP contribution in [0.3, 0.4) is 0 Å². The molecule has 0 N–H and O–H groups in total. The molecule has 4 rings (SSSR count). The van der Waals surface area contributed by atoms with Gasteiger partial charge in [-0.05, 0) is 42.0 Å². The van der Waals surface area contributed by atoms with Crippen LogP contribution in [0.1, 0.15) is 15.9 Å². The van der Waals surface area contributed by atoms with Crippen molar-refractivity contribution in [1.29, 1.82) is 0 Å². The molecule has 1 aliphatic heterocycles. The molecule has 0 saturated carbocycles. The lowest BCUT2D eigenvalue weighted by atomic mass is 9.96. The maximum absolute atomic E-state index is 13.3. The minimum absolute atomic E-state index is 0.0347. The first kappa shape index (κ1) is 20.4. The van der Waals surface area contributed by atoms with Crippen LogP contribution in [0.15, 0.2) is 82.8 Å². The molecule has 0 radical (unpaired) electrons. The molecule has 2 aliphatic rings. The molecule has 2 aromatic rings. The number of ether oxygens (including phenoxy) is 1. The van der Waals surface area contributed by atoms with Crippen LogP contribution in [0, 0.1) is 11.7 Å². The predicted octanol–water partition coefficient (Wildman–Crippen LogP) is 3.60. The fourth-order valence-electron chi connectivity index (χ4n) is 3.41. The molecule has 0 spiro atoms. The molecule has 1 unspecified atom stereocenters. The molecule has 156 valence electrons. The van der Waals surface area contributed by atoms with Gasteiger partial charge in [-0.15, -0.1) is 0 Å². The maximum atomic E-state index is 13.3. The number of amides is 2. The molecule has 6 nitrogen and oxygen atoms in total. The molecule has 0 aromatic heterocycles. The van der Waals surface area contributed by atoms with Crippen molar-refractivity contribution >= 4 is 23.4 Å². The molecule has 1 aliphatic carbocycles. The van der Waals surface area contributed by atoms with Crippen LogP contribution in [0.4, 0.5) is 4.39 Å². The summed E-state index contributed by atoms with van der Waals surface area (Å²) in [6.45, 7) is 0.237. The van der Waals surface area contributed by atoms with E-state index in [0.29, 0.717) is 17.0 Å². The van der Waals surface area contributed by atoms with E-state index in [1.807, 2.05) is 6.08 Å². The van der Waals surface area contributed by atoms with E-state index in [0.717, 1.165) is 5.56 Å². The number of amidine groups is 1. The Morgan fingerprint density at radius 1 is 1.10 bits per heavy atom. The number of methoxy groups -OCH3 is 1. The van der Waals surface area contributed by atoms with E-state index in [9.17, 15) is 14.0 Å². The van der Waals surface area contributed by atoms with Crippen molar-refractivity contribution < 1.29 is 18.7 Å². The lowest BCUT2D eigenvalue weighted by Crippen LogP contribution is -2.37. The third-order valence-corrected chi connectivity index (χ3v) is 4.99. The van der Waals surface area contributed by atoms with E-state index in [1.54, 1.807) is 54.6 Å². The van der Waals surface area contributed by atoms with Gasteiger partial charge in [-0.25, -0.2) is 9.38 Å². The van der Waals surface area contributed by atoms with Crippen molar-refractivity contribution in [1.82, 2.24) is 4.90 Å². The second-order valence-electron chi connectivity index (χ2n) is 7.14. The van der Waals surface area contributed by atoms with Crippen LogP contribution in [0.2, 0.25) is 0 Å². The Morgan fingerprint density at radius 3 is 2.68 bits per heavy atom. The normalized spacial score (nSPS) is 17.0. The Hall–Kier alpha value is -3.87. The summed E-state index contributed by atoms with van der Waals surface area (Å²) in [5.74, 6) is -0.606. The van der Waals surface area contributed by atoms with Gasteiger partial charge in [-0.3, -0.25) is 9.59 Å². The number of benzene rings is 2. The molecule has 7 heteroatoms. The fraction of sp³-hybridized carbons (Fsp3) is 0.167. The van der Waals surface area contributed by atoms with Gasteiger partial charge < -0.3 is 9.64 Å². The van der Waals surface area contributed by atoms with Gasteiger partial charge >= 0.3 is 0 Å². The van der Waals surface area contributed by atoms with Crippen LogP contribution in [-0.2, 0) is 11.3 Å². The zero-order chi connectivity index (χ0) is 21.8. The van der Waals surface area contributed by atoms with Gasteiger partial charge in [0.15, 0.2) is 5.84 Å². The number of carbonyl (C=O) groups excluding carboxylic acids is 2. The molecular formula is C24H20FN3O3. The van der Waals surface area contributed by atoms with Crippen molar-refractivity contribution in [2.75, 3.05) is 13.7 Å². The number of carbonyl (C=O) groups is 2. The van der Waals surface area contributed by atoms with Gasteiger partial charge in [-0.1, -0.05) is 36.4 Å². The van der Waals surface area contributed by atoms with Crippen LogP contribution < -0.4 is 4.74 Å². The van der Waals surface area contributed by atoms with E-state index in [1.165, 1.54) is 24.1 Å². The van der Waals surface area contributed by atoms with Crippen molar-refractivity contribution in [3.8, 4) is 5.75 Å². The summed E-state index contributed by atoms with van der Waals surface area (Å²) in [4.78, 5) is 35.8. The Bertz CT molecular complexity index is 1130. The number of hydrogen-bond acceptors (Lipinski definition) is 4. The van der Waals surface area contributed by atoms with Crippen LogP contribution in [-0.4, -0.2) is 41.9 Å². The number of allylic oxidation sites excluding steroid dienone is 3. The Balaban J connectivity index is 1.63. The molecule has 1 atom stereocenters. The minimum atomic E-state index is -0.478. The highest BCUT2D eigenvalue weighted by molar-refractivity contribution is 6.21. The van der Waals surface area contributed by atoms with Crippen molar-refractivity contribution in [2.45, 2.75) is 6.54 Å². The Kier molecular flexibility index (Phi) is 5.84. The van der Waals surface area contributed by atoms with Crippen LogP contribution >= 0.6 is 0 Å². The van der Waals surface area contributed by atoms with Gasteiger partial charge in [0.1, 0.15) is 17.5 Å². The number of rotatable bonds is 6. The molecule has 31 heavy (non-hydrogen) atoms. The third-order valence-electron chi connectivity index (χ3n) is 4.99.